The highest BCUT2D eigenvalue weighted by Gasteiger charge is 1.97. The minimum absolute atomic E-state index is 0.811. The molecule has 0 fully saturated rings. The van der Waals surface area contributed by atoms with E-state index in [1.165, 1.54) is 22.0 Å². The summed E-state index contributed by atoms with van der Waals surface area (Å²) in [7, 11) is 0. The van der Waals surface area contributed by atoms with Crippen molar-refractivity contribution in [2.45, 2.75) is 30.1 Å². The molecule has 0 atom stereocenters. The van der Waals surface area contributed by atoms with Crippen LogP contribution in [0.1, 0.15) is 20.3 Å². The van der Waals surface area contributed by atoms with Crippen molar-refractivity contribution in [1.82, 2.24) is 0 Å². The van der Waals surface area contributed by atoms with Crippen molar-refractivity contribution in [2.24, 2.45) is 5.92 Å². The Morgan fingerprint density at radius 2 is 1.93 bits per heavy atom. The summed E-state index contributed by atoms with van der Waals surface area (Å²) in [5.41, 5.74) is 0. The maximum absolute atomic E-state index is 2.28. The van der Waals surface area contributed by atoms with Crippen LogP contribution < -0.4 is 0 Å². The highest BCUT2D eigenvalue weighted by Crippen LogP contribution is 2.24. The Kier molecular flexibility index (Phi) is 5.49. The molecule has 0 aromatic heterocycles. The lowest BCUT2D eigenvalue weighted by Crippen LogP contribution is -1.89. The van der Waals surface area contributed by atoms with Crippen LogP contribution in [-0.2, 0) is 0 Å². The number of rotatable bonds is 5. The highest BCUT2D eigenvalue weighted by atomic mass is 32.2. The molecule has 0 amide bonds. The fraction of sp³-hybridized carbons (Fsp3) is 0.500. The molecule has 0 aliphatic rings. The Hall–Kier alpha value is -0.0800. The average molecular weight is 226 g/mol. The summed E-state index contributed by atoms with van der Waals surface area (Å²) in [6, 6.07) is 8.78. The Morgan fingerprint density at radius 1 is 1.21 bits per heavy atom. The first kappa shape index (κ1) is 12.0. The van der Waals surface area contributed by atoms with Crippen LogP contribution in [0.3, 0.4) is 0 Å². The monoisotopic (exact) mass is 226 g/mol. The first-order valence-corrected chi connectivity index (χ1v) is 7.20. The van der Waals surface area contributed by atoms with Crippen LogP contribution in [0.25, 0.3) is 0 Å². The zero-order valence-corrected chi connectivity index (χ0v) is 10.8. The zero-order valence-electron chi connectivity index (χ0n) is 9.12. The second-order valence-electron chi connectivity index (χ2n) is 3.71. The molecule has 2 heteroatoms. The average Bonchev–Trinajstić information content (AvgIpc) is 2.18. The van der Waals surface area contributed by atoms with Crippen LogP contribution in [0, 0.1) is 5.92 Å². The van der Waals surface area contributed by atoms with Gasteiger partial charge in [0.1, 0.15) is 0 Å². The van der Waals surface area contributed by atoms with E-state index in [-0.39, 0.29) is 0 Å². The van der Waals surface area contributed by atoms with E-state index in [2.05, 4.69) is 44.4 Å². The van der Waals surface area contributed by atoms with Crippen LogP contribution in [0.4, 0.5) is 0 Å². The number of benzene rings is 1. The summed E-state index contributed by atoms with van der Waals surface area (Å²) in [6.45, 7) is 4.55. The van der Waals surface area contributed by atoms with Crippen LogP contribution >= 0.6 is 23.5 Å². The molecular formula is C12H18S2. The van der Waals surface area contributed by atoms with E-state index in [4.69, 9.17) is 0 Å². The fourth-order valence-corrected chi connectivity index (χ4v) is 2.85. The predicted molar refractivity (Wildman–Crippen MR) is 68.4 cm³/mol. The molecule has 0 saturated heterocycles. The Labute approximate surface area is 95.9 Å². The third-order valence-corrected chi connectivity index (χ3v) is 3.76. The first-order chi connectivity index (χ1) is 6.72. The molecule has 14 heavy (non-hydrogen) atoms. The minimum atomic E-state index is 0.811. The van der Waals surface area contributed by atoms with Gasteiger partial charge in [0, 0.05) is 9.79 Å². The van der Waals surface area contributed by atoms with Crippen molar-refractivity contribution in [1.29, 1.82) is 0 Å². The van der Waals surface area contributed by atoms with Gasteiger partial charge >= 0.3 is 0 Å². The first-order valence-electron chi connectivity index (χ1n) is 4.99. The van der Waals surface area contributed by atoms with Crippen molar-refractivity contribution in [3.8, 4) is 0 Å². The third-order valence-electron chi connectivity index (χ3n) is 2.01. The van der Waals surface area contributed by atoms with Gasteiger partial charge in [-0.3, -0.25) is 0 Å². The van der Waals surface area contributed by atoms with E-state index >= 15 is 0 Å². The van der Waals surface area contributed by atoms with Crippen molar-refractivity contribution < 1.29 is 0 Å². The highest BCUT2D eigenvalue weighted by molar-refractivity contribution is 7.99. The van der Waals surface area contributed by atoms with E-state index in [9.17, 15) is 0 Å². The molecule has 0 saturated carbocycles. The lowest BCUT2D eigenvalue weighted by Gasteiger charge is -2.05. The van der Waals surface area contributed by atoms with Crippen molar-refractivity contribution >= 4 is 23.5 Å². The third kappa shape index (κ3) is 4.43. The maximum Gasteiger partial charge on any atom is 0.00830 e. The molecule has 0 bridgehead atoms. The van der Waals surface area contributed by atoms with E-state index in [0.717, 1.165) is 5.92 Å². The summed E-state index contributed by atoms with van der Waals surface area (Å²) in [6.07, 6.45) is 3.42. The zero-order chi connectivity index (χ0) is 10.4. The van der Waals surface area contributed by atoms with Gasteiger partial charge in [0.05, 0.1) is 0 Å². The lowest BCUT2D eigenvalue weighted by molar-refractivity contribution is 0.632. The molecule has 0 nitrogen and oxygen atoms in total. The fourth-order valence-electron chi connectivity index (χ4n) is 1.10. The van der Waals surface area contributed by atoms with Gasteiger partial charge in [-0.05, 0) is 42.5 Å². The molecule has 1 aromatic rings. The summed E-state index contributed by atoms with van der Waals surface area (Å²) in [4.78, 5) is 2.76. The molecule has 0 heterocycles. The van der Waals surface area contributed by atoms with Crippen molar-refractivity contribution in [3.63, 3.8) is 0 Å². The van der Waals surface area contributed by atoms with E-state index in [1.54, 1.807) is 0 Å². The standard InChI is InChI=1S/C12H18S2/c1-10(2)7-8-14-12-6-4-5-11(9-12)13-3/h4-6,9-10H,7-8H2,1-3H3. The van der Waals surface area contributed by atoms with E-state index in [0.29, 0.717) is 0 Å². The van der Waals surface area contributed by atoms with Crippen LogP contribution in [0.5, 0.6) is 0 Å². The van der Waals surface area contributed by atoms with Gasteiger partial charge in [0.15, 0.2) is 0 Å². The molecule has 1 rings (SSSR count). The van der Waals surface area contributed by atoms with Crippen molar-refractivity contribution in [2.75, 3.05) is 12.0 Å². The lowest BCUT2D eigenvalue weighted by atomic mass is 10.2. The normalized spacial score (nSPS) is 10.9. The topological polar surface area (TPSA) is 0 Å². The van der Waals surface area contributed by atoms with Crippen LogP contribution in [0.2, 0.25) is 0 Å². The second kappa shape index (κ2) is 6.41. The molecule has 78 valence electrons. The van der Waals surface area contributed by atoms with Gasteiger partial charge in [-0.1, -0.05) is 19.9 Å². The number of thioether (sulfide) groups is 2. The molecule has 0 unspecified atom stereocenters. The largest absolute Gasteiger partial charge is 0.130 e. The van der Waals surface area contributed by atoms with Crippen molar-refractivity contribution in [3.05, 3.63) is 24.3 Å². The number of hydrogen-bond donors (Lipinski definition) is 0. The SMILES string of the molecule is CSc1cccc(SCCC(C)C)c1. The second-order valence-corrected chi connectivity index (χ2v) is 5.76. The summed E-state index contributed by atoms with van der Waals surface area (Å²) >= 11 is 3.77. The molecule has 0 radical (unpaired) electrons. The Balaban J connectivity index is 2.42. The molecule has 0 spiro atoms. The predicted octanol–water partition coefficient (Wildman–Crippen LogP) is 4.55. The Bertz CT molecular complexity index is 269. The van der Waals surface area contributed by atoms with Gasteiger partial charge in [-0.25, -0.2) is 0 Å². The maximum atomic E-state index is 2.28. The van der Waals surface area contributed by atoms with Crippen LogP contribution in [0.15, 0.2) is 34.1 Å². The Morgan fingerprint density at radius 3 is 2.57 bits per heavy atom. The molecule has 0 aliphatic heterocycles. The van der Waals surface area contributed by atoms with Gasteiger partial charge in [-0.2, -0.15) is 0 Å². The van der Waals surface area contributed by atoms with Gasteiger partial charge < -0.3 is 0 Å². The molecule has 1 aromatic carbocycles. The van der Waals surface area contributed by atoms with Gasteiger partial charge in [0.2, 0.25) is 0 Å². The summed E-state index contributed by atoms with van der Waals surface area (Å²) in [5.74, 6) is 2.04. The van der Waals surface area contributed by atoms with Gasteiger partial charge in [-0.15, -0.1) is 23.5 Å². The molecular weight excluding hydrogens is 208 g/mol. The van der Waals surface area contributed by atoms with Crippen LogP contribution in [-0.4, -0.2) is 12.0 Å². The summed E-state index contributed by atoms with van der Waals surface area (Å²) in [5, 5.41) is 0. The summed E-state index contributed by atoms with van der Waals surface area (Å²) < 4.78 is 0. The quantitative estimate of drug-likeness (QED) is 0.676. The molecule has 0 N–H and O–H groups in total. The van der Waals surface area contributed by atoms with Gasteiger partial charge in [0.25, 0.3) is 0 Å². The molecule has 0 aliphatic carbocycles. The van der Waals surface area contributed by atoms with E-state index < -0.39 is 0 Å². The smallest absolute Gasteiger partial charge is 0.00830 e. The van der Waals surface area contributed by atoms with E-state index in [1.807, 2.05) is 23.5 Å². The number of hydrogen-bond acceptors (Lipinski definition) is 2. The minimum Gasteiger partial charge on any atom is -0.130 e.